The van der Waals surface area contributed by atoms with Crippen LogP contribution in [-0.2, 0) is 0 Å². The van der Waals surface area contributed by atoms with Crippen LogP contribution in [0.5, 0.6) is 0 Å². The fourth-order valence-electron chi connectivity index (χ4n) is 2.54. The Morgan fingerprint density at radius 1 is 1.33 bits per heavy atom. The molecule has 1 rings (SSSR count). The molecule has 0 aromatic heterocycles. The molecular weight excluding hydrogens is 146 g/mol. The van der Waals surface area contributed by atoms with Crippen molar-refractivity contribution < 1.29 is 0 Å². The third-order valence-corrected chi connectivity index (χ3v) is 3.32. The van der Waals surface area contributed by atoms with Gasteiger partial charge in [0.25, 0.3) is 0 Å². The summed E-state index contributed by atoms with van der Waals surface area (Å²) >= 11 is 0. The van der Waals surface area contributed by atoms with Crippen molar-refractivity contribution in [3.63, 3.8) is 0 Å². The molecule has 0 spiro atoms. The Morgan fingerprint density at radius 3 is 2.25 bits per heavy atom. The molecule has 12 heavy (non-hydrogen) atoms. The third-order valence-electron chi connectivity index (χ3n) is 3.32. The first kappa shape index (κ1) is 10.0. The Labute approximate surface area is 77.1 Å². The van der Waals surface area contributed by atoms with Gasteiger partial charge in [-0.05, 0) is 53.5 Å². The second kappa shape index (κ2) is 3.02. The lowest BCUT2D eigenvalue weighted by Crippen LogP contribution is -2.51. The maximum Gasteiger partial charge on any atom is 0.0184 e. The molecule has 0 aromatic rings. The van der Waals surface area contributed by atoms with E-state index in [4.69, 9.17) is 0 Å². The molecule has 0 bridgehead atoms. The van der Waals surface area contributed by atoms with E-state index < -0.39 is 0 Å². The van der Waals surface area contributed by atoms with Crippen LogP contribution in [0.25, 0.3) is 0 Å². The summed E-state index contributed by atoms with van der Waals surface area (Å²) in [5.74, 6) is 0. The molecule has 0 aliphatic carbocycles. The van der Waals surface area contributed by atoms with E-state index in [1.807, 2.05) is 0 Å². The van der Waals surface area contributed by atoms with Crippen molar-refractivity contribution in [2.75, 3.05) is 6.54 Å². The van der Waals surface area contributed by atoms with Gasteiger partial charge in [-0.1, -0.05) is 6.92 Å². The quantitative estimate of drug-likeness (QED) is 0.583. The van der Waals surface area contributed by atoms with Gasteiger partial charge in [0.05, 0.1) is 0 Å². The van der Waals surface area contributed by atoms with Crippen molar-refractivity contribution in [2.45, 2.75) is 65.0 Å². The Kier molecular flexibility index (Phi) is 2.53. The second-order valence-electron chi connectivity index (χ2n) is 5.28. The lowest BCUT2D eigenvalue weighted by Gasteiger charge is -2.44. The molecule has 1 fully saturated rings. The van der Waals surface area contributed by atoms with Gasteiger partial charge in [-0.2, -0.15) is 0 Å². The largest absolute Gasteiger partial charge is 0.293 e. The minimum absolute atomic E-state index is 0.348. The van der Waals surface area contributed by atoms with Crippen LogP contribution in [-0.4, -0.2) is 22.5 Å². The van der Waals surface area contributed by atoms with E-state index >= 15 is 0 Å². The predicted octanol–water partition coefficient (Wildman–Crippen LogP) is 3.05. The molecule has 72 valence electrons. The average molecular weight is 169 g/mol. The first-order chi connectivity index (χ1) is 5.40. The van der Waals surface area contributed by atoms with Gasteiger partial charge in [0, 0.05) is 11.1 Å². The zero-order valence-electron chi connectivity index (χ0n) is 9.28. The van der Waals surface area contributed by atoms with Gasteiger partial charge >= 0.3 is 0 Å². The van der Waals surface area contributed by atoms with E-state index in [9.17, 15) is 0 Å². The SMILES string of the molecule is CC[C@]1(C)CCCN1C(C)(C)C. The van der Waals surface area contributed by atoms with Crippen LogP contribution < -0.4 is 0 Å². The molecule has 0 amide bonds. The summed E-state index contributed by atoms with van der Waals surface area (Å²) < 4.78 is 0. The highest BCUT2D eigenvalue weighted by molar-refractivity contribution is 4.96. The molecule has 1 atom stereocenters. The summed E-state index contributed by atoms with van der Waals surface area (Å²) in [6.07, 6.45) is 4.03. The minimum atomic E-state index is 0.348. The summed E-state index contributed by atoms with van der Waals surface area (Å²) in [5.41, 5.74) is 0.819. The number of likely N-dealkylation sites (tertiary alicyclic amines) is 1. The van der Waals surface area contributed by atoms with Crippen LogP contribution in [0.4, 0.5) is 0 Å². The van der Waals surface area contributed by atoms with E-state index in [1.165, 1.54) is 25.8 Å². The number of nitrogens with zero attached hydrogens (tertiary/aromatic N) is 1. The highest BCUT2D eigenvalue weighted by atomic mass is 15.3. The molecule has 0 aromatic carbocycles. The van der Waals surface area contributed by atoms with Crippen molar-refractivity contribution in [1.29, 1.82) is 0 Å². The molecule has 1 heteroatoms. The molecule has 0 saturated carbocycles. The highest BCUT2D eigenvalue weighted by Crippen LogP contribution is 2.37. The summed E-state index contributed by atoms with van der Waals surface area (Å²) in [6, 6.07) is 0. The van der Waals surface area contributed by atoms with Crippen LogP contribution in [0.15, 0.2) is 0 Å². The number of hydrogen-bond donors (Lipinski definition) is 0. The van der Waals surface area contributed by atoms with Crippen LogP contribution >= 0.6 is 0 Å². The Bertz CT molecular complexity index is 157. The average Bonchev–Trinajstić information content (AvgIpc) is 2.31. The monoisotopic (exact) mass is 169 g/mol. The summed E-state index contributed by atoms with van der Waals surface area (Å²) in [6.45, 7) is 13.0. The Morgan fingerprint density at radius 2 is 1.92 bits per heavy atom. The fraction of sp³-hybridized carbons (Fsp3) is 1.00. The number of hydrogen-bond acceptors (Lipinski definition) is 1. The second-order valence-corrected chi connectivity index (χ2v) is 5.28. The topological polar surface area (TPSA) is 3.24 Å². The Hall–Kier alpha value is -0.0400. The van der Waals surface area contributed by atoms with Crippen LogP contribution in [0.3, 0.4) is 0 Å². The van der Waals surface area contributed by atoms with Crippen molar-refractivity contribution >= 4 is 0 Å². The van der Waals surface area contributed by atoms with Gasteiger partial charge in [-0.15, -0.1) is 0 Å². The van der Waals surface area contributed by atoms with Crippen molar-refractivity contribution in [1.82, 2.24) is 4.90 Å². The lowest BCUT2D eigenvalue weighted by atomic mass is 9.91. The normalized spacial score (nSPS) is 32.8. The third kappa shape index (κ3) is 1.66. The first-order valence-corrected chi connectivity index (χ1v) is 5.18. The van der Waals surface area contributed by atoms with Crippen LogP contribution in [0.2, 0.25) is 0 Å². The molecule has 0 unspecified atom stereocenters. The molecule has 0 N–H and O–H groups in total. The van der Waals surface area contributed by atoms with E-state index in [1.54, 1.807) is 0 Å². The molecule has 0 radical (unpaired) electrons. The van der Waals surface area contributed by atoms with Crippen LogP contribution in [0, 0.1) is 0 Å². The fourth-order valence-corrected chi connectivity index (χ4v) is 2.54. The van der Waals surface area contributed by atoms with Gasteiger partial charge in [0.1, 0.15) is 0 Å². The van der Waals surface area contributed by atoms with E-state index in [0.717, 1.165) is 0 Å². The highest BCUT2D eigenvalue weighted by Gasteiger charge is 2.40. The zero-order valence-corrected chi connectivity index (χ0v) is 9.28. The smallest absolute Gasteiger partial charge is 0.0184 e. The molecule has 1 aliphatic rings. The van der Waals surface area contributed by atoms with E-state index in [0.29, 0.717) is 11.1 Å². The minimum Gasteiger partial charge on any atom is -0.293 e. The first-order valence-electron chi connectivity index (χ1n) is 5.18. The summed E-state index contributed by atoms with van der Waals surface area (Å²) in [5, 5.41) is 0. The maximum absolute atomic E-state index is 2.67. The van der Waals surface area contributed by atoms with Gasteiger partial charge in [0.2, 0.25) is 0 Å². The Balaban J connectivity index is 2.77. The lowest BCUT2D eigenvalue weighted by molar-refractivity contribution is 0.0528. The number of rotatable bonds is 1. The van der Waals surface area contributed by atoms with Gasteiger partial charge in [-0.25, -0.2) is 0 Å². The summed E-state index contributed by atoms with van der Waals surface area (Å²) in [7, 11) is 0. The van der Waals surface area contributed by atoms with Crippen molar-refractivity contribution in [2.24, 2.45) is 0 Å². The maximum atomic E-state index is 2.67. The van der Waals surface area contributed by atoms with Crippen molar-refractivity contribution in [3.8, 4) is 0 Å². The van der Waals surface area contributed by atoms with E-state index in [-0.39, 0.29) is 0 Å². The summed E-state index contributed by atoms with van der Waals surface area (Å²) in [4.78, 5) is 2.67. The van der Waals surface area contributed by atoms with Gasteiger partial charge in [0.15, 0.2) is 0 Å². The molecule has 1 saturated heterocycles. The standard InChI is InChI=1S/C11H23N/c1-6-11(5)8-7-9-12(11)10(2,3)4/h6-9H2,1-5H3/t11-/m1/s1. The molecule has 1 nitrogen and oxygen atoms in total. The predicted molar refractivity (Wildman–Crippen MR) is 54.4 cm³/mol. The molecule has 1 aliphatic heterocycles. The van der Waals surface area contributed by atoms with Crippen LogP contribution in [0.1, 0.15) is 53.9 Å². The van der Waals surface area contributed by atoms with E-state index in [2.05, 4.69) is 39.5 Å². The van der Waals surface area contributed by atoms with Gasteiger partial charge in [-0.3, -0.25) is 4.90 Å². The van der Waals surface area contributed by atoms with Gasteiger partial charge < -0.3 is 0 Å². The zero-order chi connectivity index (χ0) is 9.41. The van der Waals surface area contributed by atoms with Crippen molar-refractivity contribution in [3.05, 3.63) is 0 Å². The molecule has 1 heterocycles. The molecular formula is C11H23N.